The highest BCUT2D eigenvalue weighted by Crippen LogP contribution is 2.24. The first-order valence-electron chi connectivity index (χ1n) is 9.04. The van der Waals surface area contributed by atoms with Gasteiger partial charge < -0.3 is 20.2 Å². The quantitative estimate of drug-likeness (QED) is 0.787. The van der Waals surface area contributed by atoms with Crippen LogP contribution < -0.4 is 10.2 Å². The number of carbonyl (C=O) groups excluding carboxylic acids is 2. The molecule has 6 heteroatoms. The number of phenolic OH excluding ortho intramolecular Hbond substituents is 1. The third-order valence-corrected chi connectivity index (χ3v) is 4.41. The summed E-state index contributed by atoms with van der Waals surface area (Å²) in [5.74, 6) is -0.445. The lowest BCUT2D eigenvalue weighted by atomic mass is 10.1. The van der Waals surface area contributed by atoms with Crippen molar-refractivity contribution in [1.82, 2.24) is 10.2 Å². The average Bonchev–Trinajstić information content (AvgIpc) is 2.67. The molecule has 144 valence electrons. The van der Waals surface area contributed by atoms with E-state index in [0.717, 1.165) is 24.3 Å². The minimum absolute atomic E-state index is 0.0381. The second kappa shape index (κ2) is 9.07. The van der Waals surface area contributed by atoms with E-state index >= 15 is 0 Å². The summed E-state index contributed by atoms with van der Waals surface area (Å²) < 4.78 is 0. The molecule has 2 rings (SSSR count). The molecule has 0 bridgehead atoms. The van der Waals surface area contributed by atoms with E-state index in [-0.39, 0.29) is 23.1 Å². The number of phenols is 1. The van der Waals surface area contributed by atoms with Crippen molar-refractivity contribution >= 4 is 17.5 Å². The lowest BCUT2D eigenvalue weighted by molar-refractivity contribution is 0.0827. The number of carbonyl (C=O) groups is 2. The molecule has 2 N–H and O–H groups in total. The van der Waals surface area contributed by atoms with Crippen LogP contribution in [-0.2, 0) is 6.54 Å². The predicted molar refractivity (Wildman–Crippen MR) is 107 cm³/mol. The first-order valence-corrected chi connectivity index (χ1v) is 9.04. The third-order valence-electron chi connectivity index (χ3n) is 4.41. The van der Waals surface area contributed by atoms with Crippen molar-refractivity contribution in [3.63, 3.8) is 0 Å². The zero-order valence-corrected chi connectivity index (χ0v) is 16.3. The number of nitrogens with one attached hydrogen (secondary N) is 1. The van der Waals surface area contributed by atoms with Crippen LogP contribution in [0.3, 0.4) is 0 Å². The normalized spacial score (nSPS) is 10.4. The van der Waals surface area contributed by atoms with Crippen molar-refractivity contribution in [2.45, 2.75) is 20.4 Å². The largest absolute Gasteiger partial charge is 0.507 e. The van der Waals surface area contributed by atoms with Gasteiger partial charge in [-0.15, -0.1) is 0 Å². The van der Waals surface area contributed by atoms with Gasteiger partial charge in [0.2, 0.25) is 0 Å². The van der Waals surface area contributed by atoms with E-state index in [0.29, 0.717) is 12.1 Å². The van der Waals surface area contributed by atoms with Crippen molar-refractivity contribution < 1.29 is 14.7 Å². The number of anilines is 1. The van der Waals surface area contributed by atoms with Crippen molar-refractivity contribution in [2.24, 2.45) is 0 Å². The maximum absolute atomic E-state index is 12.4. The minimum Gasteiger partial charge on any atom is -0.507 e. The molecule has 27 heavy (non-hydrogen) atoms. The molecule has 2 aromatic carbocycles. The molecule has 0 saturated heterocycles. The van der Waals surface area contributed by atoms with E-state index in [1.54, 1.807) is 50.5 Å². The maximum Gasteiger partial charge on any atom is 0.255 e. The molecule has 0 aliphatic heterocycles. The standard InChI is InChI=1S/C21H27N3O3/c1-5-24(6-2)17-11-12-18(19(25)13-17)20(26)22-14-15-7-9-16(10-8-15)21(27)23(3)4/h7-13,25H,5-6,14H2,1-4H3,(H,22,26). The van der Waals surface area contributed by atoms with Gasteiger partial charge in [-0.3, -0.25) is 9.59 Å². The Bertz CT molecular complexity index is 797. The third kappa shape index (κ3) is 5.00. The number of hydrogen-bond acceptors (Lipinski definition) is 4. The van der Waals surface area contributed by atoms with E-state index in [4.69, 9.17) is 0 Å². The van der Waals surface area contributed by atoms with E-state index in [9.17, 15) is 14.7 Å². The van der Waals surface area contributed by atoms with E-state index in [1.165, 1.54) is 4.90 Å². The first kappa shape index (κ1) is 20.3. The van der Waals surface area contributed by atoms with Crippen LogP contribution in [0.2, 0.25) is 0 Å². The van der Waals surface area contributed by atoms with Crippen molar-refractivity contribution in [2.75, 3.05) is 32.1 Å². The molecule has 0 aliphatic rings. The molecule has 0 aliphatic carbocycles. The molecule has 0 heterocycles. The molecule has 0 atom stereocenters. The molecule has 6 nitrogen and oxygen atoms in total. The highest BCUT2D eigenvalue weighted by molar-refractivity contribution is 5.97. The molecular weight excluding hydrogens is 342 g/mol. The number of rotatable bonds is 7. The first-order chi connectivity index (χ1) is 12.9. The zero-order chi connectivity index (χ0) is 20.0. The monoisotopic (exact) mass is 369 g/mol. The van der Waals surface area contributed by atoms with Crippen LogP contribution in [0.1, 0.15) is 40.1 Å². The summed E-state index contributed by atoms with van der Waals surface area (Å²) in [4.78, 5) is 27.9. The Hall–Kier alpha value is -3.02. The number of hydrogen-bond donors (Lipinski definition) is 2. The van der Waals surface area contributed by atoms with Gasteiger partial charge in [-0.05, 0) is 43.7 Å². The summed E-state index contributed by atoms with van der Waals surface area (Å²) in [5.41, 5.74) is 2.60. The highest BCUT2D eigenvalue weighted by Gasteiger charge is 2.13. The fourth-order valence-electron chi connectivity index (χ4n) is 2.80. The molecule has 0 saturated carbocycles. The van der Waals surface area contributed by atoms with Crippen LogP contribution in [0.15, 0.2) is 42.5 Å². The fraction of sp³-hybridized carbons (Fsp3) is 0.333. The Labute approximate surface area is 160 Å². The fourth-order valence-corrected chi connectivity index (χ4v) is 2.80. The van der Waals surface area contributed by atoms with Crippen molar-refractivity contribution in [3.05, 3.63) is 59.2 Å². The Morgan fingerprint density at radius 1 is 1.00 bits per heavy atom. The number of amides is 2. The molecule has 2 amide bonds. The smallest absolute Gasteiger partial charge is 0.255 e. The molecule has 0 fully saturated rings. The molecule has 0 radical (unpaired) electrons. The second-order valence-corrected chi connectivity index (χ2v) is 6.45. The summed E-state index contributed by atoms with van der Waals surface area (Å²) in [7, 11) is 3.41. The van der Waals surface area contributed by atoms with Crippen molar-refractivity contribution in [1.29, 1.82) is 0 Å². The lowest BCUT2D eigenvalue weighted by Crippen LogP contribution is -2.24. The van der Waals surface area contributed by atoms with Crippen LogP contribution in [0.5, 0.6) is 5.75 Å². The Morgan fingerprint density at radius 2 is 1.63 bits per heavy atom. The van der Waals surface area contributed by atoms with Gasteiger partial charge in [0.25, 0.3) is 11.8 Å². The molecular formula is C21H27N3O3. The number of nitrogens with zero attached hydrogens (tertiary/aromatic N) is 2. The minimum atomic E-state index is -0.341. The Kier molecular flexibility index (Phi) is 6.82. The Morgan fingerprint density at radius 3 is 2.15 bits per heavy atom. The van der Waals surface area contributed by atoms with Gasteiger partial charge in [0, 0.05) is 51.0 Å². The molecule has 2 aromatic rings. The molecule has 0 aromatic heterocycles. The summed E-state index contributed by atoms with van der Waals surface area (Å²) >= 11 is 0. The van der Waals surface area contributed by atoms with Crippen molar-refractivity contribution in [3.8, 4) is 5.75 Å². The molecule has 0 spiro atoms. The van der Waals surface area contributed by atoms with Crippen LogP contribution >= 0.6 is 0 Å². The SMILES string of the molecule is CCN(CC)c1ccc(C(=O)NCc2ccc(C(=O)N(C)C)cc2)c(O)c1. The average molecular weight is 369 g/mol. The summed E-state index contributed by atoms with van der Waals surface area (Å²) in [5, 5.41) is 13.0. The van der Waals surface area contributed by atoms with Gasteiger partial charge >= 0.3 is 0 Å². The van der Waals surface area contributed by atoms with Crippen LogP contribution in [0.25, 0.3) is 0 Å². The number of benzene rings is 2. The molecule has 0 unspecified atom stereocenters. The second-order valence-electron chi connectivity index (χ2n) is 6.45. The van der Waals surface area contributed by atoms with E-state index in [1.807, 2.05) is 19.9 Å². The van der Waals surface area contributed by atoms with Crippen LogP contribution in [-0.4, -0.2) is 49.0 Å². The van der Waals surface area contributed by atoms with Gasteiger partial charge in [-0.1, -0.05) is 12.1 Å². The van der Waals surface area contributed by atoms with Gasteiger partial charge in [-0.25, -0.2) is 0 Å². The number of aromatic hydroxyl groups is 1. The van der Waals surface area contributed by atoms with Gasteiger partial charge in [0.15, 0.2) is 0 Å². The summed E-state index contributed by atoms with van der Waals surface area (Å²) in [6.07, 6.45) is 0. The topological polar surface area (TPSA) is 72.9 Å². The zero-order valence-electron chi connectivity index (χ0n) is 16.3. The van der Waals surface area contributed by atoms with Gasteiger partial charge in [0.1, 0.15) is 5.75 Å². The van der Waals surface area contributed by atoms with E-state index in [2.05, 4.69) is 10.2 Å². The van der Waals surface area contributed by atoms with E-state index < -0.39 is 0 Å². The van der Waals surface area contributed by atoms with Gasteiger partial charge in [0.05, 0.1) is 5.56 Å². The maximum atomic E-state index is 12.4. The van der Waals surface area contributed by atoms with Crippen LogP contribution in [0, 0.1) is 0 Å². The van der Waals surface area contributed by atoms with Gasteiger partial charge in [-0.2, -0.15) is 0 Å². The predicted octanol–water partition coefficient (Wildman–Crippen LogP) is 2.87. The highest BCUT2D eigenvalue weighted by atomic mass is 16.3. The summed E-state index contributed by atoms with van der Waals surface area (Å²) in [6.45, 7) is 6.05. The lowest BCUT2D eigenvalue weighted by Gasteiger charge is -2.21. The summed E-state index contributed by atoms with van der Waals surface area (Å²) in [6, 6.07) is 12.2. The Balaban J connectivity index is 2.02. The van der Waals surface area contributed by atoms with Crippen LogP contribution in [0.4, 0.5) is 5.69 Å².